The Hall–Kier alpha value is -2.95. The quantitative estimate of drug-likeness (QED) is 0.727. The fraction of sp³-hybridized carbons (Fsp3) is 0.286. The average Bonchev–Trinajstić information content (AvgIpc) is 2.69. The number of aromatic nitrogens is 2. The van der Waals surface area contributed by atoms with Crippen molar-refractivity contribution in [2.24, 2.45) is 0 Å². The molecule has 132 valence electrons. The highest BCUT2D eigenvalue weighted by Gasteiger charge is 2.25. The second kappa shape index (κ2) is 7.52. The van der Waals surface area contributed by atoms with E-state index in [1.165, 1.54) is 5.39 Å². The maximum absolute atomic E-state index is 12.9. The lowest BCUT2D eigenvalue weighted by atomic mass is 10.0. The van der Waals surface area contributed by atoms with Crippen molar-refractivity contribution in [3.05, 3.63) is 66.6 Å². The Morgan fingerprint density at radius 1 is 1.15 bits per heavy atom. The lowest BCUT2D eigenvalue weighted by Crippen LogP contribution is -2.45. The number of nitrogens with zero attached hydrogens (tertiary/aromatic N) is 3. The van der Waals surface area contributed by atoms with E-state index in [9.17, 15) is 4.79 Å². The summed E-state index contributed by atoms with van der Waals surface area (Å²) >= 11 is 0. The number of fused-ring (bicyclic) bond motifs is 1. The number of amides is 1. The highest BCUT2D eigenvalue weighted by atomic mass is 16.5. The van der Waals surface area contributed by atoms with Gasteiger partial charge in [-0.3, -0.25) is 9.78 Å². The van der Waals surface area contributed by atoms with Gasteiger partial charge in [0.1, 0.15) is 6.10 Å². The zero-order valence-electron chi connectivity index (χ0n) is 14.5. The molecule has 2 heterocycles. The van der Waals surface area contributed by atoms with E-state index < -0.39 is 0 Å². The topological polar surface area (TPSA) is 55.3 Å². The van der Waals surface area contributed by atoms with Crippen molar-refractivity contribution < 1.29 is 9.53 Å². The molecular formula is C21H21N3O2. The van der Waals surface area contributed by atoms with Crippen LogP contribution in [0.15, 0.2) is 61.1 Å². The molecule has 0 bridgehead atoms. The van der Waals surface area contributed by atoms with E-state index in [1.807, 2.05) is 29.2 Å². The second-order valence-electron chi connectivity index (χ2n) is 6.58. The molecule has 1 saturated heterocycles. The van der Waals surface area contributed by atoms with E-state index in [0.29, 0.717) is 18.8 Å². The van der Waals surface area contributed by atoms with Gasteiger partial charge in [0.25, 0.3) is 0 Å². The number of ether oxygens (including phenoxy) is 1. The molecule has 4 rings (SSSR count). The van der Waals surface area contributed by atoms with Crippen molar-refractivity contribution in [1.82, 2.24) is 14.9 Å². The molecule has 0 aliphatic carbocycles. The van der Waals surface area contributed by atoms with Gasteiger partial charge in [0.15, 0.2) is 0 Å². The first kappa shape index (κ1) is 16.5. The second-order valence-corrected chi connectivity index (χ2v) is 6.58. The predicted octanol–water partition coefficient (Wildman–Crippen LogP) is 3.24. The van der Waals surface area contributed by atoms with Crippen LogP contribution >= 0.6 is 0 Å². The minimum atomic E-state index is -0.0306. The van der Waals surface area contributed by atoms with E-state index in [2.05, 4.69) is 28.2 Å². The number of carbonyl (C=O) groups is 1. The third kappa shape index (κ3) is 3.67. The molecule has 5 heteroatoms. The normalized spacial score (nSPS) is 17.2. The highest BCUT2D eigenvalue weighted by molar-refractivity contribution is 5.90. The van der Waals surface area contributed by atoms with Crippen LogP contribution in [0.5, 0.6) is 5.88 Å². The molecule has 0 radical (unpaired) electrons. The zero-order valence-corrected chi connectivity index (χ0v) is 14.5. The molecule has 3 aromatic rings. The van der Waals surface area contributed by atoms with Crippen LogP contribution in [0.1, 0.15) is 18.4 Å². The summed E-state index contributed by atoms with van der Waals surface area (Å²) in [7, 11) is 0. The number of rotatable bonds is 4. The van der Waals surface area contributed by atoms with Crippen molar-refractivity contribution in [2.75, 3.05) is 13.1 Å². The maximum Gasteiger partial charge on any atom is 0.232 e. The van der Waals surface area contributed by atoms with Gasteiger partial charge in [0.2, 0.25) is 11.8 Å². The van der Waals surface area contributed by atoms with Gasteiger partial charge >= 0.3 is 0 Å². The fourth-order valence-electron chi connectivity index (χ4n) is 3.50. The van der Waals surface area contributed by atoms with Crippen molar-refractivity contribution in [1.29, 1.82) is 0 Å². The Kier molecular flexibility index (Phi) is 4.78. The number of hydrogen-bond acceptors (Lipinski definition) is 4. The summed E-state index contributed by atoms with van der Waals surface area (Å²) in [5.41, 5.74) is 1.07. The summed E-state index contributed by atoms with van der Waals surface area (Å²) < 4.78 is 5.89. The van der Waals surface area contributed by atoms with Crippen LogP contribution in [0.4, 0.5) is 0 Å². The minimum absolute atomic E-state index is 0.0306. The zero-order chi connectivity index (χ0) is 17.8. The standard InChI is InChI=1S/C21H21N3O2/c25-21(13-17-7-3-6-16-5-1-2-9-19(16)17)24-12-4-8-18(15-24)26-20-14-22-10-11-23-20/h1-3,5-7,9-11,14,18H,4,8,12-13,15H2. The van der Waals surface area contributed by atoms with E-state index in [0.717, 1.165) is 30.3 Å². The molecule has 1 aliphatic rings. The van der Waals surface area contributed by atoms with Crippen LogP contribution in [0.3, 0.4) is 0 Å². The Morgan fingerprint density at radius 3 is 2.92 bits per heavy atom. The minimum Gasteiger partial charge on any atom is -0.471 e. The summed E-state index contributed by atoms with van der Waals surface area (Å²) in [4.78, 5) is 22.9. The molecule has 1 aromatic heterocycles. The number of hydrogen-bond donors (Lipinski definition) is 0. The first-order valence-electron chi connectivity index (χ1n) is 8.97. The van der Waals surface area contributed by atoms with Gasteiger partial charge in [-0.1, -0.05) is 42.5 Å². The number of carbonyl (C=O) groups excluding carboxylic acids is 1. The first-order chi connectivity index (χ1) is 12.8. The van der Waals surface area contributed by atoms with Crippen LogP contribution < -0.4 is 4.74 Å². The summed E-state index contributed by atoms with van der Waals surface area (Å²) in [6.07, 6.45) is 7.09. The maximum atomic E-state index is 12.9. The Labute approximate surface area is 152 Å². The van der Waals surface area contributed by atoms with Crippen molar-refractivity contribution in [2.45, 2.75) is 25.4 Å². The van der Waals surface area contributed by atoms with Crippen LogP contribution in [-0.4, -0.2) is 40.0 Å². The van der Waals surface area contributed by atoms with Crippen LogP contribution in [0, 0.1) is 0 Å². The number of likely N-dealkylation sites (tertiary alicyclic amines) is 1. The number of piperidine rings is 1. The number of benzene rings is 2. The van der Waals surface area contributed by atoms with Crippen molar-refractivity contribution in [3.63, 3.8) is 0 Å². The largest absolute Gasteiger partial charge is 0.471 e. The Morgan fingerprint density at radius 2 is 2.04 bits per heavy atom. The third-order valence-corrected chi connectivity index (χ3v) is 4.78. The van der Waals surface area contributed by atoms with E-state index in [4.69, 9.17) is 4.74 Å². The molecule has 0 N–H and O–H groups in total. The molecule has 1 aliphatic heterocycles. The van der Waals surface area contributed by atoms with Gasteiger partial charge < -0.3 is 9.64 Å². The van der Waals surface area contributed by atoms with Gasteiger partial charge in [0, 0.05) is 18.9 Å². The highest BCUT2D eigenvalue weighted by Crippen LogP contribution is 2.21. The van der Waals surface area contributed by atoms with E-state index in [-0.39, 0.29) is 12.0 Å². The third-order valence-electron chi connectivity index (χ3n) is 4.78. The Bertz CT molecular complexity index is 893. The SMILES string of the molecule is O=C(Cc1cccc2ccccc12)N1CCCC(Oc2cnccn2)C1. The van der Waals surface area contributed by atoms with Gasteiger partial charge in [-0.05, 0) is 29.2 Å². The molecule has 1 fully saturated rings. The van der Waals surface area contributed by atoms with E-state index in [1.54, 1.807) is 18.6 Å². The molecule has 1 atom stereocenters. The molecule has 1 amide bonds. The van der Waals surface area contributed by atoms with Crippen LogP contribution in [0.2, 0.25) is 0 Å². The van der Waals surface area contributed by atoms with Crippen molar-refractivity contribution >= 4 is 16.7 Å². The average molecular weight is 347 g/mol. The van der Waals surface area contributed by atoms with Gasteiger partial charge in [-0.15, -0.1) is 0 Å². The van der Waals surface area contributed by atoms with E-state index >= 15 is 0 Å². The van der Waals surface area contributed by atoms with Gasteiger partial charge in [-0.2, -0.15) is 0 Å². The lowest BCUT2D eigenvalue weighted by Gasteiger charge is -2.32. The Balaban J connectivity index is 1.44. The predicted molar refractivity (Wildman–Crippen MR) is 99.9 cm³/mol. The first-order valence-corrected chi connectivity index (χ1v) is 8.97. The van der Waals surface area contributed by atoms with Gasteiger partial charge in [-0.25, -0.2) is 4.98 Å². The van der Waals surface area contributed by atoms with Gasteiger partial charge in [0.05, 0.1) is 19.2 Å². The summed E-state index contributed by atoms with van der Waals surface area (Å²) in [6.45, 7) is 1.38. The molecule has 0 saturated carbocycles. The molecule has 2 aromatic carbocycles. The summed E-state index contributed by atoms with van der Waals surface area (Å²) in [6, 6.07) is 14.3. The molecule has 5 nitrogen and oxygen atoms in total. The smallest absolute Gasteiger partial charge is 0.232 e. The van der Waals surface area contributed by atoms with Crippen molar-refractivity contribution in [3.8, 4) is 5.88 Å². The van der Waals surface area contributed by atoms with Crippen LogP contribution in [0.25, 0.3) is 10.8 Å². The monoisotopic (exact) mass is 347 g/mol. The fourth-order valence-corrected chi connectivity index (χ4v) is 3.50. The van der Waals surface area contributed by atoms with Crippen LogP contribution in [-0.2, 0) is 11.2 Å². The summed E-state index contributed by atoms with van der Waals surface area (Å²) in [5, 5.41) is 2.31. The molecule has 1 unspecified atom stereocenters. The molecule has 26 heavy (non-hydrogen) atoms. The molecular weight excluding hydrogens is 326 g/mol. The summed E-state index contributed by atoms with van der Waals surface area (Å²) in [5.74, 6) is 0.662. The lowest BCUT2D eigenvalue weighted by molar-refractivity contribution is -0.133. The molecule has 0 spiro atoms.